The van der Waals surface area contributed by atoms with E-state index in [1.807, 2.05) is 6.07 Å². The Balaban J connectivity index is 2.33. The Labute approximate surface area is 71.1 Å². The van der Waals surface area contributed by atoms with E-state index >= 15 is 0 Å². The largest absolute Gasteiger partial charge is 0.445 e. The van der Waals surface area contributed by atoms with Crippen LogP contribution in [0.3, 0.4) is 0 Å². The molecule has 66 valence electrons. The van der Waals surface area contributed by atoms with Gasteiger partial charge in [0.2, 0.25) is 0 Å². The van der Waals surface area contributed by atoms with Gasteiger partial charge in [0.25, 0.3) is 0 Å². The Morgan fingerprint density at radius 3 is 3.08 bits per heavy atom. The van der Waals surface area contributed by atoms with Crippen LogP contribution < -0.4 is 0 Å². The molecule has 1 aliphatic rings. The van der Waals surface area contributed by atoms with E-state index < -0.39 is 18.2 Å². The molecule has 0 aliphatic carbocycles. The standard InChI is InChI=1S/C8H11NO3/c1-6(5-9)12-8(10)7-3-2-4-11-7/h6-7H,2-4H2,1H3/t6?,7-/m1/s1. The summed E-state index contributed by atoms with van der Waals surface area (Å²) in [6.45, 7) is 2.15. The third-order valence-electron chi connectivity index (χ3n) is 1.67. The van der Waals surface area contributed by atoms with E-state index in [-0.39, 0.29) is 0 Å². The van der Waals surface area contributed by atoms with Crippen molar-refractivity contribution in [2.24, 2.45) is 0 Å². The Bertz CT molecular complexity index is 203. The van der Waals surface area contributed by atoms with Gasteiger partial charge in [-0.05, 0) is 19.8 Å². The minimum atomic E-state index is -0.679. The molecule has 4 heteroatoms. The average molecular weight is 169 g/mol. The Morgan fingerprint density at radius 1 is 1.83 bits per heavy atom. The molecule has 1 fully saturated rings. The van der Waals surface area contributed by atoms with Gasteiger partial charge in [0.15, 0.2) is 12.2 Å². The number of esters is 1. The lowest BCUT2D eigenvalue weighted by atomic mass is 10.2. The molecule has 0 radical (unpaired) electrons. The summed E-state index contributed by atoms with van der Waals surface area (Å²) in [6, 6.07) is 1.82. The molecule has 0 amide bonds. The van der Waals surface area contributed by atoms with Crippen LogP contribution in [-0.4, -0.2) is 24.8 Å². The predicted molar refractivity (Wildman–Crippen MR) is 40.1 cm³/mol. The van der Waals surface area contributed by atoms with Crippen molar-refractivity contribution in [3.05, 3.63) is 0 Å². The van der Waals surface area contributed by atoms with Gasteiger partial charge in [-0.2, -0.15) is 5.26 Å². The van der Waals surface area contributed by atoms with Gasteiger partial charge in [0, 0.05) is 6.61 Å². The van der Waals surface area contributed by atoms with Crippen molar-refractivity contribution in [3.63, 3.8) is 0 Å². The molecule has 1 unspecified atom stereocenters. The van der Waals surface area contributed by atoms with Gasteiger partial charge in [-0.1, -0.05) is 0 Å². The Hall–Kier alpha value is -1.08. The molecular formula is C8H11NO3. The first kappa shape index (κ1) is 9.01. The summed E-state index contributed by atoms with van der Waals surface area (Å²) in [4.78, 5) is 11.1. The van der Waals surface area contributed by atoms with Gasteiger partial charge in [-0.3, -0.25) is 0 Å². The van der Waals surface area contributed by atoms with Gasteiger partial charge in [-0.25, -0.2) is 4.79 Å². The van der Waals surface area contributed by atoms with Gasteiger partial charge >= 0.3 is 5.97 Å². The maximum Gasteiger partial charge on any atom is 0.336 e. The second-order valence-electron chi connectivity index (χ2n) is 2.71. The van der Waals surface area contributed by atoms with Crippen LogP contribution >= 0.6 is 0 Å². The van der Waals surface area contributed by atoms with Crippen LogP contribution in [0.1, 0.15) is 19.8 Å². The molecule has 1 heterocycles. The van der Waals surface area contributed by atoms with E-state index in [4.69, 9.17) is 14.7 Å². The number of nitriles is 1. The van der Waals surface area contributed by atoms with Gasteiger partial charge in [-0.15, -0.1) is 0 Å². The van der Waals surface area contributed by atoms with E-state index in [9.17, 15) is 4.79 Å². The molecule has 1 saturated heterocycles. The van der Waals surface area contributed by atoms with Crippen LogP contribution in [0.25, 0.3) is 0 Å². The molecule has 12 heavy (non-hydrogen) atoms. The molecule has 1 rings (SSSR count). The van der Waals surface area contributed by atoms with Crippen molar-refractivity contribution in [1.82, 2.24) is 0 Å². The molecule has 0 aromatic heterocycles. The van der Waals surface area contributed by atoms with E-state index in [0.717, 1.165) is 6.42 Å². The summed E-state index contributed by atoms with van der Waals surface area (Å²) >= 11 is 0. The normalized spacial score (nSPS) is 24.5. The fourth-order valence-corrected chi connectivity index (χ4v) is 1.04. The van der Waals surface area contributed by atoms with Crippen molar-refractivity contribution < 1.29 is 14.3 Å². The number of nitrogens with zero attached hydrogens (tertiary/aromatic N) is 1. The third kappa shape index (κ3) is 2.21. The van der Waals surface area contributed by atoms with Crippen LogP contribution in [0.5, 0.6) is 0 Å². The number of carbonyl (C=O) groups is 1. The summed E-state index contributed by atoms with van der Waals surface area (Å²) < 4.78 is 9.83. The van der Waals surface area contributed by atoms with Crippen molar-refractivity contribution >= 4 is 5.97 Å². The summed E-state index contributed by atoms with van der Waals surface area (Å²) in [5, 5.41) is 8.36. The zero-order chi connectivity index (χ0) is 8.97. The monoisotopic (exact) mass is 169 g/mol. The lowest BCUT2D eigenvalue weighted by molar-refractivity contribution is -0.156. The summed E-state index contributed by atoms with van der Waals surface area (Å²) in [5.41, 5.74) is 0. The minimum absolute atomic E-state index is 0.415. The van der Waals surface area contributed by atoms with Crippen LogP contribution in [0.2, 0.25) is 0 Å². The van der Waals surface area contributed by atoms with Gasteiger partial charge < -0.3 is 9.47 Å². The molecule has 2 atom stereocenters. The van der Waals surface area contributed by atoms with Crippen LogP contribution in [0.15, 0.2) is 0 Å². The summed E-state index contributed by atoms with van der Waals surface area (Å²) in [5.74, 6) is -0.415. The number of carbonyl (C=O) groups excluding carboxylic acids is 1. The SMILES string of the molecule is CC(C#N)OC(=O)[C@H]1CCCO1. The topological polar surface area (TPSA) is 59.3 Å². The molecule has 0 N–H and O–H groups in total. The average Bonchev–Trinajstić information content (AvgIpc) is 2.56. The van der Waals surface area contributed by atoms with Gasteiger partial charge in [0.05, 0.1) is 0 Å². The van der Waals surface area contributed by atoms with E-state index in [1.54, 1.807) is 0 Å². The lowest BCUT2D eigenvalue weighted by Crippen LogP contribution is -2.25. The Morgan fingerprint density at radius 2 is 2.58 bits per heavy atom. The zero-order valence-electron chi connectivity index (χ0n) is 6.95. The number of ether oxygens (including phenoxy) is 2. The fraction of sp³-hybridized carbons (Fsp3) is 0.750. The van der Waals surface area contributed by atoms with Crippen molar-refractivity contribution in [3.8, 4) is 6.07 Å². The maximum atomic E-state index is 11.1. The molecular weight excluding hydrogens is 158 g/mol. The van der Waals surface area contributed by atoms with Gasteiger partial charge in [0.1, 0.15) is 6.07 Å². The summed E-state index contributed by atoms with van der Waals surface area (Å²) in [6.07, 6.45) is 0.472. The second kappa shape index (κ2) is 4.07. The second-order valence-corrected chi connectivity index (χ2v) is 2.71. The molecule has 0 aromatic carbocycles. The fourth-order valence-electron chi connectivity index (χ4n) is 1.04. The summed E-state index contributed by atoms with van der Waals surface area (Å²) in [7, 11) is 0. The lowest BCUT2D eigenvalue weighted by Gasteiger charge is -2.10. The molecule has 1 aliphatic heterocycles. The number of rotatable bonds is 2. The highest BCUT2D eigenvalue weighted by molar-refractivity contribution is 5.75. The first-order valence-electron chi connectivity index (χ1n) is 3.95. The van der Waals surface area contributed by atoms with E-state index in [2.05, 4.69) is 0 Å². The molecule has 0 aromatic rings. The smallest absolute Gasteiger partial charge is 0.336 e. The highest BCUT2D eigenvalue weighted by Gasteiger charge is 2.26. The first-order valence-corrected chi connectivity index (χ1v) is 3.95. The van der Waals surface area contributed by atoms with Crippen molar-refractivity contribution in [2.75, 3.05) is 6.61 Å². The van der Waals surface area contributed by atoms with E-state index in [0.29, 0.717) is 13.0 Å². The minimum Gasteiger partial charge on any atom is -0.445 e. The highest BCUT2D eigenvalue weighted by Crippen LogP contribution is 2.13. The van der Waals surface area contributed by atoms with Crippen LogP contribution in [0.4, 0.5) is 0 Å². The van der Waals surface area contributed by atoms with Crippen molar-refractivity contribution in [1.29, 1.82) is 5.26 Å². The molecule has 0 spiro atoms. The molecule has 0 bridgehead atoms. The van der Waals surface area contributed by atoms with Crippen LogP contribution in [-0.2, 0) is 14.3 Å². The number of hydrogen-bond donors (Lipinski definition) is 0. The first-order chi connectivity index (χ1) is 5.74. The Kier molecular flexibility index (Phi) is 3.06. The number of hydrogen-bond acceptors (Lipinski definition) is 4. The highest BCUT2D eigenvalue weighted by atomic mass is 16.6. The van der Waals surface area contributed by atoms with E-state index in [1.165, 1.54) is 6.92 Å². The zero-order valence-corrected chi connectivity index (χ0v) is 6.95. The molecule has 4 nitrogen and oxygen atoms in total. The molecule has 0 saturated carbocycles. The van der Waals surface area contributed by atoms with Crippen molar-refractivity contribution in [2.45, 2.75) is 32.0 Å². The quantitative estimate of drug-likeness (QED) is 0.568. The predicted octanol–water partition coefficient (Wildman–Crippen LogP) is 0.621. The van der Waals surface area contributed by atoms with Crippen LogP contribution in [0, 0.1) is 11.3 Å². The third-order valence-corrected chi connectivity index (χ3v) is 1.67. The maximum absolute atomic E-state index is 11.1.